The molecule has 0 radical (unpaired) electrons. The van der Waals surface area contributed by atoms with Crippen LogP contribution in [0.25, 0.3) is 0 Å². The molecule has 0 spiro atoms. The van der Waals surface area contributed by atoms with Gasteiger partial charge in [0.1, 0.15) is 11.6 Å². The van der Waals surface area contributed by atoms with Crippen molar-refractivity contribution >= 4 is 17.6 Å². The summed E-state index contributed by atoms with van der Waals surface area (Å²) < 4.78 is 0. The van der Waals surface area contributed by atoms with Gasteiger partial charge in [-0.05, 0) is 6.92 Å². The lowest BCUT2D eigenvalue weighted by Crippen LogP contribution is -2.39. The Morgan fingerprint density at radius 3 is 2.32 bits per heavy atom. The van der Waals surface area contributed by atoms with E-state index in [4.69, 9.17) is 17.3 Å². The minimum Gasteiger partial charge on any atom is -0.369 e. The molecular weight excluding hydrogens is 250 g/mol. The molecule has 0 atom stereocenters. The number of nitrogens with zero attached hydrogens (tertiary/aromatic N) is 3. The fraction of sp³-hybridized carbons (Fsp3) is 0.400. The Bertz CT molecular complexity index is 461. The molecule has 9 nitrogen and oxygen atoms in total. The minimum atomic E-state index is -0.564. The lowest BCUT2D eigenvalue weighted by atomic mass is 10.3. The van der Waals surface area contributed by atoms with Crippen LogP contribution < -0.4 is 22.7 Å². The molecule has 7 N–H and O–H groups in total. The lowest BCUT2D eigenvalue weighted by Gasteiger charge is -2.18. The van der Waals surface area contributed by atoms with E-state index in [0.29, 0.717) is 17.3 Å². The van der Waals surface area contributed by atoms with E-state index in [1.165, 1.54) is 4.90 Å². The van der Waals surface area contributed by atoms with Crippen molar-refractivity contribution in [3.05, 3.63) is 17.6 Å². The van der Waals surface area contributed by atoms with Gasteiger partial charge in [-0.2, -0.15) is 0 Å². The van der Waals surface area contributed by atoms with Gasteiger partial charge >= 0.3 is 0 Å². The van der Waals surface area contributed by atoms with E-state index in [0.717, 1.165) is 0 Å². The van der Waals surface area contributed by atoms with Gasteiger partial charge in [-0.3, -0.25) is 14.5 Å². The summed E-state index contributed by atoms with van der Waals surface area (Å²) in [5.41, 5.74) is 13.3. The van der Waals surface area contributed by atoms with Crippen LogP contribution in [-0.4, -0.2) is 39.8 Å². The molecule has 19 heavy (non-hydrogen) atoms. The Hall–Kier alpha value is -2.26. The van der Waals surface area contributed by atoms with Crippen LogP contribution in [0.15, 0.2) is 6.07 Å². The maximum Gasteiger partial charge on any atom is 0.231 e. The van der Waals surface area contributed by atoms with E-state index < -0.39 is 11.8 Å². The summed E-state index contributed by atoms with van der Waals surface area (Å²) >= 11 is 0. The lowest BCUT2D eigenvalue weighted by molar-refractivity contribution is -0.122. The fourth-order valence-electron chi connectivity index (χ4n) is 1.58. The number of aryl methyl sites for hydroxylation is 1. The molecule has 2 amide bonds. The number of hydrogen-bond acceptors (Lipinski definition) is 7. The standard InChI is InChI=1S/C10H17N7O2/c1-6-2-9(16-13)15-10(14-6)5-17(3-7(11)18)4-8(12)19/h2H,3-5,13H2,1H3,(H2,11,18)(H2,12,19)(H,14,15,16). The van der Waals surface area contributed by atoms with Crippen LogP contribution in [0.4, 0.5) is 5.82 Å². The molecule has 9 heteroatoms. The molecular formula is C10H17N7O2. The Kier molecular flexibility index (Phi) is 5.15. The summed E-state index contributed by atoms with van der Waals surface area (Å²) in [7, 11) is 0. The third-order valence-electron chi connectivity index (χ3n) is 2.17. The predicted molar refractivity (Wildman–Crippen MR) is 68.2 cm³/mol. The second kappa shape index (κ2) is 6.61. The van der Waals surface area contributed by atoms with Crippen molar-refractivity contribution in [3.8, 4) is 0 Å². The van der Waals surface area contributed by atoms with Gasteiger partial charge in [0.25, 0.3) is 0 Å². The highest BCUT2D eigenvalue weighted by Crippen LogP contribution is 2.06. The summed E-state index contributed by atoms with van der Waals surface area (Å²) in [6.45, 7) is 1.73. The molecule has 0 saturated carbocycles. The fourth-order valence-corrected chi connectivity index (χ4v) is 1.58. The summed E-state index contributed by atoms with van der Waals surface area (Å²) in [5.74, 6) is 5.01. The first kappa shape index (κ1) is 14.8. The van der Waals surface area contributed by atoms with Crippen LogP contribution in [-0.2, 0) is 16.1 Å². The zero-order valence-electron chi connectivity index (χ0n) is 10.6. The number of aromatic nitrogens is 2. The van der Waals surface area contributed by atoms with Gasteiger partial charge in [0.15, 0.2) is 0 Å². The molecule has 1 rings (SSSR count). The summed E-state index contributed by atoms with van der Waals surface area (Å²) in [4.78, 5) is 31.6. The number of rotatable bonds is 7. The third-order valence-corrected chi connectivity index (χ3v) is 2.17. The van der Waals surface area contributed by atoms with Crippen LogP contribution in [0, 0.1) is 6.92 Å². The van der Waals surface area contributed by atoms with Gasteiger partial charge in [0, 0.05) is 11.8 Å². The summed E-state index contributed by atoms with van der Waals surface area (Å²) in [5, 5.41) is 0. The average molecular weight is 267 g/mol. The topological polar surface area (TPSA) is 153 Å². The van der Waals surface area contributed by atoms with E-state index in [1.54, 1.807) is 13.0 Å². The largest absolute Gasteiger partial charge is 0.369 e. The molecule has 0 aromatic carbocycles. The van der Waals surface area contributed by atoms with Crippen LogP contribution >= 0.6 is 0 Å². The van der Waals surface area contributed by atoms with Crippen LogP contribution in [0.3, 0.4) is 0 Å². The monoisotopic (exact) mass is 267 g/mol. The highest BCUT2D eigenvalue weighted by atomic mass is 16.2. The van der Waals surface area contributed by atoms with Crippen molar-refractivity contribution in [1.82, 2.24) is 14.9 Å². The van der Waals surface area contributed by atoms with Crippen molar-refractivity contribution in [3.63, 3.8) is 0 Å². The molecule has 1 heterocycles. The maximum atomic E-state index is 10.9. The Labute approximate surface area is 110 Å². The second-order valence-corrected chi connectivity index (χ2v) is 4.03. The van der Waals surface area contributed by atoms with E-state index >= 15 is 0 Å². The normalized spacial score (nSPS) is 10.5. The van der Waals surface area contributed by atoms with E-state index in [1.807, 2.05) is 0 Å². The highest BCUT2D eigenvalue weighted by Gasteiger charge is 2.14. The number of carbonyl (C=O) groups excluding carboxylic acids is 2. The van der Waals surface area contributed by atoms with Gasteiger partial charge in [0.05, 0.1) is 19.6 Å². The molecule has 0 saturated heterocycles. The summed E-state index contributed by atoms with van der Waals surface area (Å²) in [6, 6.07) is 1.66. The Morgan fingerprint density at radius 2 is 1.84 bits per heavy atom. The zero-order valence-corrected chi connectivity index (χ0v) is 10.6. The number of anilines is 1. The van der Waals surface area contributed by atoms with Gasteiger partial charge in [-0.1, -0.05) is 0 Å². The number of primary amides is 2. The zero-order chi connectivity index (χ0) is 14.4. The van der Waals surface area contributed by atoms with Crippen LogP contribution in [0.2, 0.25) is 0 Å². The van der Waals surface area contributed by atoms with Gasteiger partial charge in [0.2, 0.25) is 11.8 Å². The average Bonchev–Trinajstić information content (AvgIpc) is 2.26. The molecule has 1 aromatic heterocycles. The molecule has 0 unspecified atom stereocenters. The van der Waals surface area contributed by atoms with Gasteiger partial charge < -0.3 is 16.9 Å². The highest BCUT2D eigenvalue weighted by molar-refractivity contribution is 5.79. The molecule has 0 bridgehead atoms. The molecule has 0 aliphatic carbocycles. The van der Waals surface area contributed by atoms with Crippen molar-refractivity contribution < 1.29 is 9.59 Å². The Morgan fingerprint density at radius 1 is 1.26 bits per heavy atom. The number of nitrogens with two attached hydrogens (primary N) is 3. The maximum absolute atomic E-state index is 10.9. The first-order valence-electron chi connectivity index (χ1n) is 5.51. The number of hydrogen-bond donors (Lipinski definition) is 4. The van der Waals surface area contributed by atoms with Crippen molar-refractivity contribution in [1.29, 1.82) is 0 Å². The quantitative estimate of drug-likeness (QED) is 0.324. The first-order chi connectivity index (χ1) is 8.90. The van der Waals surface area contributed by atoms with Crippen molar-refractivity contribution in [2.45, 2.75) is 13.5 Å². The number of hydrazine groups is 1. The molecule has 0 aliphatic heterocycles. The molecule has 0 aliphatic rings. The van der Waals surface area contributed by atoms with Crippen molar-refractivity contribution in [2.75, 3.05) is 18.5 Å². The van der Waals surface area contributed by atoms with E-state index in [-0.39, 0.29) is 19.6 Å². The van der Waals surface area contributed by atoms with Crippen LogP contribution in [0.5, 0.6) is 0 Å². The molecule has 104 valence electrons. The molecule has 0 fully saturated rings. The van der Waals surface area contributed by atoms with E-state index in [2.05, 4.69) is 15.4 Å². The first-order valence-corrected chi connectivity index (χ1v) is 5.51. The van der Waals surface area contributed by atoms with Gasteiger partial charge in [-0.15, -0.1) is 0 Å². The third kappa shape index (κ3) is 5.27. The summed E-state index contributed by atoms with van der Waals surface area (Å²) in [6.07, 6.45) is 0. The SMILES string of the molecule is Cc1cc(NN)nc(CN(CC(N)=O)CC(N)=O)n1. The van der Waals surface area contributed by atoms with Gasteiger partial charge in [-0.25, -0.2) is 15.8 Å². The van der Waals surface area contributed by atoms with E-state index in [9.17, 15) is 9.59 Å². The second-order valence-electron chi connectivity index (χ2n) is 4.03. The number of carbonyl (C=O) groups is 2. The smallest absolute Gasteiger partial charge is 0.231 e. The minimum absolute atomic E-state index is 0.106. The van der Waals surface area contributed by atoms with Crippen molar-refractivity contribution in [2.24, 2.45) is 17.3 Å². The predicted octanol–water partition coefficient (Wildman–Crippen LogP) is -2.16. The number of amides is 2. The Balaban J connectivity index is 2.85. The number of nitrogens with one attached hydrogen (secondary N) is 1. The molecule has 1 aromatic rings. The number of nitrogen functional groups attached to an aromatic ring is 1. The van der Waals surface area contributed by atoms with Crippen LogP contribution in [0.1, 0.15) is 11.5 Å².